The molecule has 0 bridgehead atoms. The second-order valence-corrected chi connectivity index (χ2v) is 8.00. The molecule has 1 amide bonds. The Labute approximate surface area is 182 Å². The number of aromatic nitrogens is 4. The van der Waals surface area contributed by atoms with Gasteiger partial charge in [-0.1, -0.05) is 0 Å². The van der Waals surface area contributed by atoms with Gasteiger partial charge in [0.15, 0.2) is 11.8 Å². The Balaban J connectivity index is 1.64. The molecule has 0 saturated carbocycles. The summed E-state index contributed by atoms with van der Waals surface area (Å²) in [4.78, 5) is 25.6. The zero-order chi connectivity index (χ0) is 22.9. The van der Waals surface area contributed by atoms with Gasteiger partial charge in [-0.2, -0.15) is 5.26 Å². The average Bonchev–Trinajstić information content (AvgIpc) is 3.16. The van der Waals surface area contributed by atoms with E-state index in [1.807, 2.05) is 6.07 Å². The van der Waals surface area contributed by atoms with Gasteiger partial charge in [-0.05, 0) is 19.9 Å². The maximum atomic E-state index is 13.9. The summed E-state index contributed by atoms with van der Waals surface area (Å²) in [6.07, 6.45) is 2.47. The second kappa shape index (κ2) is 8.47. The highest BCUT2D eigenvalue weighted by molar-refractivity contribution is 5.99. The van der Waals surface area contributed by atoms with Crippen LogP contribution in [0.3, 0.4) is 0 Å². The molecule has 0 aromatic carbocycles. The van der Waals surface area contributed by atoms with E-state index >= 15 is 0 Å². The van der Waals surface area contributed by atoms with Crippen molar-refractivity contribution in [1.29, 1.82) is 5.26 Å². The Morgan fingerprint density at radius 2 is 2.12 bits per heavy atom. The lowest BCUT2D eigenvalue weighted by Crippen LogP contribution is -2.42. The second-order valence-electron chi connectivity index (χ2n) is 8.00. The lowest BCUT2D eigenvalue weighted by atomic mass is 10.1. The van der Waals surface area contributed by atoms with Crippen molar-refractivity contribution >= 4 is 22.8 Å². The molecule has 2 N–H and O–H groups in total. The van der Waals surface area contributed by atoms with Crippen molar-refractivity contribution in [3.05, 3.63) is 42.0 Å². The normalized spacial score (nSPS) is 15.1. The SMILES string of the molecule is CC(C)(F)C(F)CNC(=O)c1cnc(-n2cnc3cc(C#N)cnc32)cc1NC1COC1. The summed E-state index contributed by atoms with van der Waals surface area (Å²) >= 11 is 0. The Hall–Kier alpha value is -3.65. The summed E-state index contributed by atoms with van der Waals surface area (Å²) in [5, 5.41) is 14.7. The third-order valence-corrected chi connectivity index (χ3v) is 5.08. The minimum atomic E-state index is -2.07. The molecule has 1 aliphatic rings. The lowest BCUT2D eigenvalue weighted by Gasteiger charge is -2.29. The molecule has 4 heterocycles. The molecule has 1 atom stereocenters. The summed E-state index contributed by atoms with van der Waals surface area (Å²) in [5.74, 6) is -0.136. The number of hydrogen-bond acceptors (Lipinski definition) is 7. The van der Waals surface area contributed by atoms with E-state index in [1.165, 1.54) is 18.7 Å². The van der Waals surface area contributed by atoms with Crippen LogP contribution in [0.2, 0.25) is 0 Å². The molecule has 1 aliphatic heterocycles. The molecule has 4 rings (SSSR count). The highest BCUT2D eigenvalue weighted by atomic mass is 19.2. The van der Waals surface area contributed by atoms with E-state index in [1.54, 1.807) is 16.7 Å². The highest BCUT2D eigenvalue weighted by Gasteiger charge is 2.30. The number of amides is 1. The monoisotopic (exact) mass is 441 g/mol. The van der Waals surface area contributed by atoms with Crippen LogP contribution in [0, 0.1) is 11.3 Å². The van der Waals surface area contributed by atoms with E-state index in [0.29, 0.717) is 41.4 Å². The first-order valence-corrected chi connectivity index (χ1v) is 9.95. The van der Waals surface area contributed by atoms with Crippen molar-refractivity contribution in [1.82, 2.24) is 24.8 Å². The number of nitrogens with one attached hydrogen (secondary N) is 2. The first-order chi connectivity index (χ1) is 15.3. The predicted molar refractivity (Wildman–Crippen MR) is 112 cm³/mol. The zero-order valence-electron chi connectivity index (χ0n) is 17.5. The topological polar surface area (TPSA) is 118 Å². The molecule has 0 radical (unpaired) electrons. The molecule has 32 heavy (non-hydrogen) atoms. The minimum absolute atomic E-state index is 0.00587. The van der Waals surface area contributed by atoms with Crippen LogP contribution in [0.15, 0.2) is 30.9 Å². The number of anilines is 1. The zero-order valence-corrected chi connectivity index (χ0v) is 17.5. The van der Waals surface area contributed by atoms with Crippen molar-refractivity contribution in [2.75, 3.05) is 25.1 Å². The van der Waals surface area contributed by atoms with Gasteiger partial charge >= 0.3 is 0 Å². The molecule has 3 aromatic rings. The minimum Gasteiger partial charge on any atom is -0.377 e. The van der Waals surface area contributed by atoms with Crippen molar-refractivity contribution in [2.24, 2.45) is 0 Å². The number of fused-ring (bicyclic) bond motifs is 1. The Bertz CT molecular complexity index is 1200. The number of pyridine rings is 2. The number of nitriles is 1. The van der Waals surface area contributed by atoms with Crippen molar-refractivity contribution < 1.29 is 18.3 Å². The molecule has 0 aliphatic carbocycles. The molecule has 3 aromatic heterocycles. The Morgan fingerprint density at radius 1 is 1.34 bits per heavy atom. The summed E-state index contributed by atoms with van der Waals surface area (Å²) in [6.45, 7) is 2.73. The summed E-state index contributed by atoms with van der Waals surface area (Å²) in [7, 11) is 0. The maximum Gasteiger partial charge on any atom is 0.255 e. The molecule has 166 valence electrons. The average molecular weight is 441 g/mol. The van der Waals surface area contributed by atoms with Crippen LogP contribution in [-0.4, -0.2) is 63.1 Å². The van der Waals surface area contributed by atoms with Gasteiger partial charge in [-0.3, -0.25) is 9.36 Å². The van der Waals surface area contributed by atoms with Crippen LogP contribution in [0.5, 0.6) is 0 Å². The Kier molecular flexibility index (Phi) is 5.71. The number of carbonyl (C=O) groups is 1. The molecule has 9 nitrogen and oxygen atoms in total. The smallest absolute Gasteiger partial charge is 0.255 e. The van der Waals surface area contributed by atoms with Crippen LogP contribution in [-0.2, 0) is 4.74 Å². The van der Waals surface area contributed by atoms with Crippen molar-refractivity contribution in [2.45, 2.75) is 31.7 Å². The summed E-state index contributed by atoms with van der Waals surface area (Å²) in [5.41, 5.74) is -0.00675. The molecule has 1 unspecified atom stereocenters. The fourth-order valence-electron chi connectivity index (χ4n) is 3.07. The third-order valence-electron chi connectivity index (χ3n) is 5.08. The van der Waals surface area contributed by atoms with Gasteiger partial charge in [0.1, 0.15) is 29.4 Å². The molecule has 11 heteroatoms. The van der Waals surface area contributed by atoms with Crippen molar-refractivity contribution in [3.8, 4) is 11.9 Å². The highest BCUT2D eigenvalue weighted by Crippen LogP contribution is 2.24. The van der Waals surface area contributed by atoms with Gasteiger partial charge < -0.3 is 15.4 Å². The van der Waals surface area contributed by atoms with E-state index < -0.39 is 24.3 Å². The van der Waals surface area contributed by atoms with E-state index in [2.05, 4.69) is 25.6 Å². The molecular weight excluding hydrogens is 420 g/mol. The Morgan fingerprint density at radius 3 is 2.78 bits per heavy atom. The molecule has 1 fully saturated rings. The standard InChI is InChI=1S/C21H21F2N7O2/c1-21(2,23)17(22)8-27-20(31)14-7-25-18(4-15(14)29-13-9-32-10-13)30-11-28-16-3-12(5-24)6-26-19(16)30/h3-4,6-7,11,13,17H,8-10H2,1-2H3,(H,25,29)(H,27,31). The van der Waals surface area contributed by atoms with E-state index in [4.69, 9.17) is 10.00 Å². The van der Waals surface area contributed by atoms with Gasteiger partial charge in [-0.15, -0.1) is 0 Å². The van der Waals surface area contributed by atoms with Crippen molar-refractivity contribution in [3.63, 3.8) is 0 Å². The number of imidazole rings is 1. The van der Waals surface area contributed by atoms with Crippen LogP contribution >= 0.6 is 0 Å². The van der Waals surface area contributed by atoms with Gasteiger partial charge in [0.25, 0.3) is 5.91 Å². The number of hydrogen-bond donors (Lipinski definition) is 2. The number of carbonyl (C=O) groups excluding carboxylic acids is 1. The fraction of sp³-hybridized carbons (Fsp3) is 0.381. The predicted octanol–water partition coefficient (Wildman–Crippen LogP) is 2.31. The first-order valence-electron chi connectivity index (χ1n) is 9.95. The number of nitrogens with zero attached hydrogens (tertiary/aromatic N) is 5. The van der Waals surface area contributed by atoms with E-state index in [9.17, 15) is 13.6 Å². The van der Waals surface area contributed by atoms with Gasteiger partial charge in [0.05, 0.1) is 42.6 Å². The van der Waals surface area contributed by atoms with Crippen LogP contribution < -0.4 is 10.6 Å². The molecular formula is C21H21F2N7O2. The molecule has 0 spiro atoms. The quantitative estimate of drug-likeness (QED) is 0.578. The van der Waals surface area contributed by atoms with Crippen LogP contribution in [0.25, 0.3) is 17.0 Å². The van der Waals surface area contributed by atoms with Gasteiger partial charge in [-0.25, -0.2) is 23.7 Å². The maximum absolute atomic E-state index is 13.9. The fourth-order valence-corrected chi connectivity index (χ4v) is 3.07. The van der Waals surface area contributed by atoms with E-state index in [0.717, 1.165) is 13.8 Å². The molecule has 1 saturated heterocycles. The van der Waals surface area contributed by atoms with Crippen LogP contribution in [0.1, 0.15) is 29.8 Å². The van der Waals surface area contributed by atoms with Gasteiger partial charge in [0.2, 0.25) is 0 Å². The number of halogens is 2. The van der Waals surface area contributed by atoms with E-state index in [-0.39, 0.29) is 11.6 Å². The third kappa shape index (κ3) is 4.36. The number of alkyl halides is 2. The van der Waals surface area contributed by atoms with Crippen LogP contribution in [0.4, 0.5) is 14.5 Å². The number of ether oxygens (including phenoxy) is 1. The largest absolute Gasteiger partial charge is 0.377 e. The summed E-state index contributed by atoms with van der Waals surface area (Å²) < 4.78 is 34.5. The summed E-state index contributed by atoms with van der Waals surface area (Å²) in [6, 6.07) is 5.29. The first kappa shape index (κ1) is 21.6. The lowest BCUT2D eigenvalue weighted by molar-refractivity contribution is 0.0210. The number of rotatable bonds is 7. The van der Waals surface area contributed by atoms with Gasteiger partial charge in [0, 0.05) is 18.5 Å².